The molecule has 0 aliphatic carbocycles. The van der Waals surface area contributed by atoms with Crippen LogP contribution < -0.4 is 4.18 Å². The van der Waals surface area contributed by atoms with Gasteiger partial charge in [0.15, 0.2) is 11.6 Å². The van der Waals surface area contributed by atoms with E-state index in [0.29, 0.717) is 5.56 Å². The number of hydrogen-bond acceptors (Lipinski definition) is 5. The molecule has 3 aromatic rings. The minimum absolute atomic E-state index is 0.0233. The van der Waals surface area contributed by atoms with Gasteiger partial charge in [0, 0.05) is 0 Å². The molecule has 32 heavy (non-hydrogen) atoms. The quantitative estimate of drug-likeness (QED) is 0.400. The standard InChI is InChI=1S/C22H15F4NO4S/c1-12-5-10-18(21(26)20(12)25)32(28,29)31-14-8-6-13(7-9-14)17-11-30-22(27-17)19-15(23)3-2-4-16(19)24/h2-10,17H,11H2,1H3. The predicted octanol–water partition coefficient (Wildman–Crippen LogP) is 4.84. The van der Waals surface area contributed by atoms with Crippen LogP contribution in [0.5, 0.6) is 5.75 Å². The van der Waals surface area contributed by atoms with Gasteiger partial charge in [0.05, 0.1) is 0 Å². The van der Waals surface area contributed by atoms with Crippen molar-refractivity contribution in [3.05, 3.63) is 94.6 Å². The van der Waals surface area contributed by atoms with Crippen molar-refractivity contribution in [2.75, 3.05) is 6.61 Å². The third-order valence-electron chi connectivity index (χ3n) is 4.81. The molecule has 0 spiro atoms. The van der Waals surface area contributed by atoms with Crippen molar-refractivity contribution in [1.29, 1.82) is 0 Å². The lowest BCUT2D eigenvalue weighted by molar-refractivity contribution is 0.317. The largest absolute Gasteiger partial charge is 0.475 e. The zero-order chi connectivity index (χ0) is 23.0. The lowest BCUT2D eigenvalue weighted by Gasteiger charge is -2.10. The van der Waals surface area contributed by atoms with Gasteiger partial charge in [-0.2, -0.15) is 8.42 Å². The maximum Gasteiger partial charge on any atom is 0.342 e. The lowest BCUT2D eigenvalue weighted by Crippen LogP contribution is -2.13. The molecule has 0 amide bonds. The Kier molecular flexibility index (Phi) is 5.64. The number of benzene rings is 3. The first-order valence-electron chi connectivity index (χ1n) is 9.31. The molecule has 1 atom stereocenters. The second-order valence-electron chi connectivity index (χ2n) is 6.97. The van der Waals surface area contributed by atoms with Crippen molar-refractivity contribution in [2.45, 2.75) is 17.9 Å². The predicted molar refractivity (Wildman–Crippen MR) is 107 cm³/mol. The number of halogens is 4. The van der Waals surface area contributed by atoms with Gasteiger partial charge < -0.3 is 8.92 Å². The summed E-state index contributed by atoms with van der Waals surface area (Å²) in [6, 6.07) is 10.4. The molecule has 1 aliphatic rings. The Morgan fingerprint density at radius 3 is 2.25 bits per heavy atom. The third-order valence-corrected chi connectivity index (χ3v) is 6.07. The summed E-state index contributed by atoms with van der Waals surface area (Å²) in [5.41, 5.74) is 0.155. The molecule has 1 heterocycles. The molecule has 0 N–H and O–H groups in total. The highest BCUT2D eigenvalue weighted by Gasteiger charge is 2.27. The van der Waals surface area contributed by atoms with Gasteiger partial charge in [-0.3, -0.25) is 0 Å². The van der Waals surface area contributed by atoms with Gasteiger partial charge >= 0.3 is 10.1 Å². The van der Waals surface area contributed by atoms with Crippen LogP contribution in [0.1, 0.15) is 22.7 Å². The van der Waals surface area contributed by atoms with Gasteiger partial charge in [-0.15, -0.1) is 0 Å². The van der Waals surface area contributed by atoms with E-state index in [9.17, 15) is 26.0 Å². The van der Waals surface area contributed by atoms with Gasteiger partial charge in [0.2, 0.25) is 5.90 Å². The van der Waals surface area contributed by atoms with Crippen LogP contribution in [0.4, 0.5) is 17.6 Å². The molecule has 10 heteroatoms. The van der Waals surface area contributed by atoms with Crippen LogP contribution in [0.25, 0.3) is 0 Å². The summed E-state index contributed by atoms with van der Waals surface area (Å²) in [4.78, 5) is 3.27. The van der Waals surface area contributed by atoms with Crippen molar-refractivity contribution < 1.29 is 34.9 Å². The Balaban J connectivity index is 1.54. The molecule has 0 saturated carbocycles. The molecule has 5 nitrogen and oxygen atoms in total. The molecule has 0 fully saturated rings. The SMILES string of the molecule is Cc1ccc(S(=O)(=O)Oc2ccc(C3COC(c4c(F)cccc4F)=N3)cc2)c(F)c1F. The number of aryl methyl sites for hydroxylation is 1. The van der Waals surface area contributed by atoms with E-state index in [0.717, 1.165) is 24.3 Å². The zero-order valence-electron chi connectivity index (χ0n) is 16.5. The molecular weight excluding hydrogens is 450 g/mol. The van der Waals surface area contributed by atoms with Crippen LogP contribution >= 0.6 is 0 Å². The van der Waals surface area contributed by atoms with Crippen LogP contribution in [-0.2, 0) is 14.9 Å². The normalized spacial score (nSPS) is 15.9. The highest BCUT2D eigenvalue weighted by Crippen LogP contribution is 2.29. The van der Waals surface area contributed by atoms with E-state index in [1.54, 1.807) is 0 Å². The van der Waals surface area contributed by atoms with Crippen LogP contribution in [0.2, 0.25) is 0 Å². The number of rotatable bonds is 5. The minimum atomic E-state index is -4.62. The monoisotopic (exact) mass is 465 g/mol. The first kappa shape index (κ1) is 21.8. The Labute approximate surface area is 181 Å². The maximum absolute atomic E-state index is 14.0. The Morgan fingerprint density at radius 2 is 1.59 bits per heavy atom. The van der Waals surface area contributed by atoms with Crippen LogP contribution in [0, 0.1) is 30.2 Å². The first-order valence-corrected chi connectivity index (χ1v) is 10.7. The van der Waals surface area contributed by atoms with E-state index < -0.39 is 44.3 Å². The Hall–Kier alpha value is -3.40. The maximum atomic E-state index is 14.0. The summed E-state index contributed by atoms with van der Waals surface area (Å²) in [5, 5.41) is 0. The molecule has 3 aromatic carbocycles. The number of nitrogens with zero attached hydrogens (tertiary/aromatic N) is 1. The summed E-state index contributed by atoms with van der Waals surface area (Å²) in [6.07, 6.45) is 0. The fraction of sp³-hybridized carbons (Fsp3) is 0.136. The van der Waals surface area contributed by atoms with Crippen molar-refractivity contribution in [3.8, 4) is 5.75 Å². The molecule has 166 valence electrons. The second-order valence-corrected chi connectivity index (χ2v) is 8.49. The smallest absolute Gasteiger partial charge is 0.342 e. The van der Waals surface area contributed by atoms with Gasteiger partial charge in [0.25, 0.3) is 0 Å². The summed E-state index contributed by atoms with van der Waals surface area (Å²) < 4.78 is 90.6. The van der Waals surface area contributed by atoms with Crippen molar-refractivity contribution in [1.82, 2.24) is 0 Å². The lowest BCUT2D eigenvalue weighted by atomic mass is 10.1. The Bertz CT molecular complexity index is 1300. The van der Waals surface area contributed by atoms with Gasteiger partial charge in [-0.05, 0) is 48.4 Å². The number of hydrogen-bond donors (Lipinski definition) is 0. The Morgan fingerprint density at radius 1 is 0.938 bits per heavy atom. The van der Waals surface area contributed by atoms with E-state index in [2.05, 4.69) is 4.99 Å². The molecule has 0 aromatic heterocycles. The number of ether oxygens (including phenoxy) is 1. The molecule has 0 bridgehead atoms. The average Bonchev–Trinajstić information content (AvgIpc) is 3.21. The second kappa shape index (κ2) is 8.27. The average molecular weight is 465 g/mol. The summed E-state index contributed by atoms with van der Waals surface area (Å²) in [5.74, 6) is -4.72. The summed E-state index contributed by atoms with van der Waals surface area (Å²) >= 11 is 0. The summed E-state index contributed by atoms with van der Waals surface area (Å²) in [6.45, 7) is 1.32. The van der Waals surface area contributed by atoms with Crippen molar-refractivity contribution >= 4 is 16.0 Å². The molecule has 0 saturated heterocycles. The fourth-order valence-corrected chi connectivity index (χ4v) is 4.12. The number of aliphatic imine (C=N–C) groups is 1. The van der Waals surface area contributed by atoms with Crippen LogP contribution in [-0.4, -0.2) is 20.9 Å². The highest BCUT2D eigenvalue weighted by atomic mass is 32.2. The van der Waals surface area contributed by atoms with Crippen molar-refractivity contribution in [2.24, 2.45) is 4.99 Å². The first-order chi connectivity index (χ1) is 15.2. The molecule has 0 radical (unpaired) electrons. The van der Waals surface area contributed by atoms with E-state index in [1.165, 1.54) is 37.3 Å². The van der Waals surface area contributed by atoms with Gasteiger partial charge in [-0.1, -0.05) is 24.3 Å². The highest BCUT2D eigenvalue weighted by molar-refractivity contribution is 7.87. The minimum Gasteiger partial charge on any atom is -0.475 e. The van der Waals surface area contributed by atoms with E-state index >= 15 is 0 Å². The van der Waals surface area contributed by atoms with E-state index in [4.69, 9.17) is 8.92 Å². The van der Waals surface area contributed by atoms with E-state index in [-0.39, 0.29) is 29.4 Å². The molecular formula is C22H15F4NO4S. The van der Waals surface area contributed by atoms with Crippen LogP contribution in [0.15, 0.2) is 64.5 Å². The molecule has 4 rings (SSSR count). The fourth-order valence-electron chi connectivity index (χ4n) is 3.12. The van der Waals surface area contributed by atoms with Crippen molar-refractivity contribution in [3.63, 3.8) is 0 Å². The topological polar surface area (TPSA) is 65.0 Å². The van der Waals surface area contributed by atoms with Gasteiger partial charge in [-0.25, -0.2) is 22.6 Å². The van der Waals surface area contributed by atoms with Gasteiger partial charge in [0.1, 0.15) is 40.5 Å². The van der Waals surface area contributed by atoms with E-state index in [1.807, 2.05) is 0 Å². The van der Waals surface area contributed by atoms with Crippen LogP contribution in [0.3, 0.4) is 0 Å². The zero-order valence-corrected chi connectivity index (χ0v) is 17.3. The summed E-state index contributed by atoms with van der Waals surface area (Å²) in [7, 11) is -4.62. The third kappa shape index (κ3) is 4.05. The molecule has 1 unspecified atom stereocenters. The molecule has 1 aliphatic heterocycles.